The summed E-state index contributed by atoms with van der Waals surface area (Å²) >= 11 is 0. The Bertz CT molecular complexity index is 389. The van der Waals surface area contributed by atoms with Crippen molar-refractivity contribution in [1.82, 2.24) is 0 Å². The Kier molecular flexibility index (Phi) is 4.40. The van der Waals surface area contributed by atoms with Gasteiger partial charge in [0.05, 0.1) is 12.3 Å². The number of hydrogen-bond donors (Lipinski definition) is 1. The molecule has 1 heterocycles. The molecule has 1 aromatic rings. The minimum atomic E-state index is -0.801. The van der Waals surface area contributed by atoms with Crippen LogP contribution in [-0.4, -0.2) is 9.46 Å². The largest absolute Gasteiger partial charge is 0.464 e. The maximum absolute atomic E-state index is 12.2. The molecule has 0 bridgehead atoms. The average molecular weight is 255 g/mol. The van der Waals surface area contributed by atoms with Crippen LogP contribution in [0.3, 0.4) is 0 Å². The van der Waals surface area contributed by atoms with Crippen molar-refractivity contribution in [2.24, 2.45) is 11.7 Å². The third kappa shape index (κ3) is 3.42. The van der Waals surface area contributed by atoms with Crippen molar-refractivity contribution in [2.75, 3.05) is 0 Å². The molecule has 1 aliphatic rings. The third-order valence-corrected chi connectivity index (χ3v) is 5.20. The zero-order valence-corrected chi connectivity index (χ0v) is 11.2. The van der Waals surface area contributed by atoms with Gasteiger partial charge in [0.1, 0.15) is 11.5 Å². The van der Waals surface area contributed by atoms with Crippen molar-refractivity contribution in [3.05, 3.63) is 23.7 Å². The Morgan fingerprint density at radius 1 is 1.41 bits per heavy atom. The fraction of sp³-hybridized carbons (Fsp3) is 0.692. The molecule has 1 fully saturated rings. The van der Waals surface area contributed by atoms with Gasteiger partial charge >= 0.3 is 0 Å². The lowest BCUT2D eigenvalue weighted by Crippen LogP contribution is -2.23. The highest BCUT2D eigenvalue weighted by Gasteiger charge is 2.24. The molecule has 3 nitrogen and oxygen atoms in total. The Morgan fingerprint density at radius 3 is 2.82 bits per heavy atom. The van der Waals surface area contributed by atoms with E-state index in [0.717, 1.165) is 24.4 Å². The molecular weight excluding hydrogens is 234 g/mol. The van der Waals surface area contributed by atoms with Crippen molar-refractivity contribution in [2.45, 2.75) is 50.2 Å². The van der Waals surface area contributed by atoms with Gasteiger partial charge in [0.25, 0.3) is 0 Å². The van der Waals surface area contributed by atoms with E-state index in [4.69, 9.17) is 10.2 Å². The normalized spacial score (nSPS) is 26.9. The molecule has 1 aromatic heterocycles. The molecule has 2 rings (SSSR count). The zero-order chi connectivity index (χ0) is 12.3. The maximum atomic E-state index is 12.2. The summed E-state index contributed by atoms with van der Waals surface area (Å²) in [6.07, 6.45) is 4.69. The molecule has 1 saturated carbocycles. The summed E-state index contributed by atoms with van der Waals surface area (Å²) in [4.78, 5) is 0. The van der Waals surface area contributed by atoms with Gasteiger partial charge in [-0.2, -0.15) is 0 Å². The fourth-order valence-electron chi connectivity index (χ4n) is 2.48. The quantitative estimate of drug-likeness (QED) is 0.899. The topological polar surface area (TPSA) is 56.2 Å². The SMILES string of the molecule is CC1CCCC(S(=O)Cc2ccc(CN)o2)C1. The molecule has 96 valence electrons. The van der Waals surface area contributed by atoms with Crippen LogP contribution in [0.4, 0.5) is 0 Å². The molecular formula is C13H21NO2S. The van der Waals surface area contributed by atoms with Gasteiger partial charge in [-0.1, -0.05) is 19.8 Å². The van der Waals surface area contributed by atoms with Gasteiger partial charge in [-0.05, 0) is 30.9 Å². The molecule has 1 aliphatic carbocycles. The molecule has 3 unspecified atom stereocenters. The highest BCUT2D eigenvalue weighted by atomic mass is 32.2. The molecule has 0 radical (unpaired) electrons. The van der Waals surface area contributed by atoms with Crippen molar-refractivity contribution in [3.63, 3.8) is 0 Å². The fourth-order valence-corrected chi connectivity index (χ4v) is 4.13. The van der Waals surface area contributed by atoms with Crippen LogP contribution in [0.2, 0.25) is 0 Å². The molecule has 0 aliphatic heterocycles. The standard InChI is InChI=1S/C13H21NO2S/c1-10-3-2-4-13(7-10)17(15)9-12-6-5-11(8-14)16-12/h5-6,10,13H,2-4,7-9,14H2,1H3. The molecule has 0 aromatic carbocycles. The molecule has 0 amide bonds. The summed E-state index contributed by atoms with van der Waals surface area (Å²) in [6, 6.07) is 3.77. The Labute approximate surface area is 105 Å². The summed E-state index contributed by atoms with van der Waals surface area (Å²) in [6.45, 7) is 2.66. The second kappa shape index (κ2) is 5.83. The van der Waals surface area contributed by atoms with Crippen LogP contribution in [0.25, 0.3) is 0 Å². The Morgan fingerprint density at radius 2 is 2.18 bits per heavy atom. The summed E-state index contributed by atoms with van der Waals surface area (Å²) in [5.41, 5.74) is 5.49. The Balaban J connectivity index is 1.91. The first-order valence-corrected chi connectivity index (χ1v) is 7.72. The van der Waals surface area contributed by atoms with Gasteiger partial charge in [0, 0.05) is 16.0 Å². The predicted octanol–water partition coefficient (Wildman–Crippen LogP) is 2.57. The Hall–Kier alpha value is -0.610. The van der Waals surface area contributed by atoms with Crippen molar-refractivity contribution >= 4 is 10.8 Å². The van der Waals surface area contributed by atoms with Crippen LogP contribution in [-0.2, 0) is 23.1 Å². The highest BCUT2D eigenvalue weighted by Crippen LogP contribution is 2.28. The van der Waals surface area contributed by atoms with E-state index in [2.05, 4.69) is 6.92 Å². The van der Waals surface area contributed by atoms with Gasteiger partial charge in [-0.15, -0.1) is 0 Å². The first kappa shape index (κ1) is 12.8. The molecule has 0 saturated heterocycles. The maximum Gasteiger partial charge on any atom is 0.117 e. The van der Waals surface area contributed by atoms with Crippen LogP contribution < -0.4 is 5.73 Å². The third-order valence-electron chi connectivity index (χ3n) is 3.46. The second-order valence-electron chi connectivity index (χ2n) is 4.99. The van der Waals surface area contributed by atoms with Gasteiger partial charge in [0.2, 0.25) is 0 Å². The summed E-state index contributed by atoms with van der Waals surface area (Å²) in [5.74, 6) is 2.84. The van der Waals surface area contributed by atoms with E-state index in [1.165, 1.54) is 12.8 Å². The summed E-state index contributed by atoms with van der Waals surface area (Å²) in [7, 11) is -0.801. The molecule has 4 heteroatoms. The van der Waals surface area contributed by atoms with E-state index in [0.29, 0.717) is 23.5 Å². The lowest BCUT2D eigenvalue weighted by Gasteiger charge is -2.25. The predicted molar refractivity (Wildman–Crippen MR) is 69.9 cm³/mol. The van der Waals surface area contributed by atoms with Gasteiger partial charge in [-0.3, -0.25) is 4.21 Å². The number of furan rings is 1. The van der Waals surface area contributed by atoms with Gasteiger partial charge in [-0.25, -0.2) is 0 Å². The van der Waals surface area contributed by atoms with Crippen LogP contribution >= 0.6 is 0 Å². The molecule has 2 N–H and O–H groups in total. The van der Waals surface area contributed by atoms with E-state index in [1.54, 1.807) is 0 Å². The first-order valence-electron chi connectivity index (χ1n) is 6.34. The number of rotatable bonds is 4. The lowest BCUT2D eigenvalue weighted by molar-refractivity contribution is 0.388. The van der Waals surface area contributed by atoms with E-state index < -0.39 is 10.8 Å². The van der Waals surface area contributed by atoms with Gasteiger partial charge in [0.15, 0.2) is 0 Å². The van der Waals surface area contributed by atoms with Crippen LogP contribution in [0.15, 0.2) is 16.5 Å². The first-order chi connectivity index (χ1) is 8.19. The molecule has 17 heavy (non-hydrogen) atoms. The number of hydrogen-bond acceptors (Lipinski definition) is 3. The van der Waals surface area contributed by atoms with E-state index in [9.17, 15) is 4.21 Å². The zero-order valence-electron chi connectivity index (χ0n) is 10.4. The number of nitrogens with two attached hydrogens (primary N) is 1. The highest BCUT2D eigenvalue weighted by molar-refractivity contribution is 7.84. The summed E-state index contributed by atoms with van der Waals surface area (Å²) < 4.78 is 17.7. The monoisotopic (exact) mass is 255 g/mol. The van der Waals surface area contributed by atoms with E-state index >= 15 is 0 Å². The average Bonchev–Trinajstić information content (AvgIpc) is 2.77. The summed E-state index contributed by atoms with van der Waals surface area (Å²) in [5, 5.41) is 0.352. The van der Waals surface area contributed by atoms with Crippen molar-refractivity contribution in [1.29, 1.82) is 0 Å². The minimum absolute atomic E-state index is 0.352. The smallest absolute Gasteiger partial charge is 0.117 e. The second-order valence-corrected chi connectivity index (χ2v) is 6.71. The lowest BCUT2D eigenvalue weighted by atomic mass is 9.91. The van der Waals surface area contributed by atoms with Crippen LogP contribution in [0.1, 0.15) is 44.1 Å². The van der Waals surface area contributed by atoms with E-state index in [-0.39, 0.29) is 0 Å². The van der Waals surface area contributed by atoms with E-state index in [1.807, 2.05) is 12.1 Å². The molecule has 0 spiro atoms. The molecule has 3 atom stereocenters. The van der Waals surface area contributed by atoms with Crippen LogP contribution in [0.5, 0.6) is 0 Å². The van der Waals surface area contributed by atoms with Crippen molar-refractivity contribution in [3.8, 4) is 0 Å². The minimum Gasteiger partial charge on any atom is -0.464 e. The van der Waals surface area contributed by atoms with Crippen LogP contribution in [0, 0.1) is 5.92 Å². The van der Waals surface area contributed by atoms with Gasteiger partial charge < -0.3 is 10.2 Å². The van der Waals surface area contributed by atoms with Crippen molar-refractivity contribution < 1.29 is 8.63 Å².